The van der Waals surface area contributed by atoms with Crippen LogP contribution in [0.25, 0.3) is 28.3 Å². The van der Waals surface area contributed by atoms with Gasteiger partial charge in [-0.15, -0.1) is 0 Å². The van der Waals surface area contributed by atoms with E-state index in [0.717, 1.165) is 45.4 Å². The van der Waals surface area contributed by atoms with Crippen LogP contribution in [0.4, 0.5) is 17.3 Å². The van der Waals surface area contributed by atoms with E-state index in [4.69, 9.17) is 9.97 Å². The Bertz CT molecular complexity index is 1450. The molecule has 0 bridgehead atoms. The average Bonchev–Trinajstić information content (AvgIpc) is 3.45. The number of fused-ring (bicyclic) bond motifs is 1. The van der Waals surface area contributed by atoms with E-state index in [0.29, 0.717) is 5.95 Å². The van der Waals surface area contributed by atoms with Crippen molar-refractivity contribution in [1.82, 2.24) is 29.5 Å². The lowest BCUT2D eigenvalue weighted by Crippen LogP contribution is -2.11. The van der Waals surface area contributed by atoms with Crippen molar-refractivity contribution in [3.8, 4) is 22.6 Å². The van der Waals surface area contributed by atoms with Gasteiger partial charge in [-0.2, -0.15) is 5.10 Å². The first kappa shape index (κ1) is 20.4. The van der Waals surface area contributed by atoms with Crippen LogP contribution < -0.4 is 10.2 Å². The number of carbonyl (C=O) groups excluding carboxylic acids is 1. The SMILES string of the molecule is CC(=O)Nc1ccc(N(C)c2nc(-c3ccc4ncnn4c3)c(-c3cccc(C)n3)[nH]2)cc1. The second-order valence-corrected chi connectivity index (χ2v) is 7.72. The molecule has 0 spiro atoms. The normalized spacial score (nSPS) is 11.0. The van der Waals surface area contributed by atoms with Crippen LogP contribution in [-0.2, 0) is 4.79 Å². The highest BCUT2D eigenvalue weighted by atomic mass is 16.1. The summed E-state index contributed by atoms with van der Waals surface area (Å²) < 4.78 is 1.72. The molecule has 33 heavy (non-hydrogen) atoms. The Morgan fingerprint density at radius 2 is 1.88 bits per heavy atom. The molecule has 0 unspecified atom stereocenters. The fraction of sp³-hybridized carbons (Fsp3) is 0.125. The van der Waals surface area contributed by atoms with Gasteiger partial charge in [0.2, 0.25) is 11.9 Å². The van der Waals surface area contributed by atoms with Crippen LogP contribution in [0.5, 0.6) is 0 Å². The van der Waals surface area contributed by atoms with Crippen LogP contribution in [0.1, 0.15) is 12.6 Å². The molecule has 0 atom stereocenters. The molecule has 0 aliphatic heterocycles. The largest absolute Gasteiger partial charge is 0.326 e. The van der Waals surface area contributed by atoms with Crippen molar-refractivity contribution in [3.05, 3.63) is 72.8 Å². The number of imidazole rings is 1. The number of carbonyl (C=O) groups is 1. The van der Waals surface area contributed by atoms with Gasteiger partial charge in [0.15, 0.2) is 5.65 Å². The molecule has 0 fully saturated rings. The minimum atomic E-state index is -0.105. The number of aromatic nitrogens is 6. The monoisotopic (exact) mass is 438 g/mol. The predicted octanol–water partition coefficient (Wildman–Crippen LogP) is 4.22. The summed E-state index contributed by atoms with van der Waals surface area (Å²) in [5.41, 5.74) is 6.62. The zero-order valence-electron chi connectivity index (χ0n) is 18.4. The van der Waals surface area contributed by atoms with E-state index in [1.165, 1.54) is 13.3 Å². The number of H-pyrrole nitrogens is 1. The summed E-state index contributed by atoms with van der Waals surface area (Å²) in [6.07, 6.45) is 3.43. The Morgan fingerprint density at radius 1 is 1.06 bits per heavy atom. The highest BCUT2D eigenvalue weighted by molar-refractivity contribution is 5.89. The third-order valence-electron chi connectivity index (χ3n) is 5.28. The number of benzene rings is 1. The van der Waals surface area contributed by atoms with Crippen molar-refractivity contribution in [3.63, 3.8) is 0 Å². The molecular formula is C24H22N8O. The topological polar surface area (TPSA) is 104 Å². The quantitative estimate of drug-likeness (QED) is 0.426. The van der Waals surface area contributed by atoms with Crippen molar-refractivity contribution >= 4 is 28.9 Å². The molecule has 0 aliphatic carbocycles. The first-order valence-corrected chi connectivity index (χ1v) is 10.4. The third kappa shape index (κ3) is 4.03. The fourth-order valence-corrected chi connectivity index (χ4v) is 3.65. The third-order valence-corrected chi connectivity index (χ3v) is 5.28. The molecule has 0 aliphatic rings. The molecule has 164 valence electrons. The molecule has 9 heteroatoms. The van der Waals surface area contributed by atoms with Crippen molar-refractivity contribution < 1.29 is 4.79 Å². The summed E-state index contributed by atoms with van der Waals surface area (Å²) in [6, 6.07) is 17.4. The van der Waals surface area contributed by atoms with Gasteiger partial charge < -0.3 is 15.2 Å². The zero-order chi connectivity index (χ0) is 22.9. The minimum Gasteiger partial charge on any atom is -0.326 e. The Morgan fingerprint density at radius 3 is 2.64 bits per heavy atom. The van der Waals surface area contributed by atoms with Crippen molar-refractivity contribution in [1.29, 1.82) is 0 Å². The maximum absolute atomic E-state index is 11.3. The van der Waals surface area contributed by atoms with Crippen LogP contribution in [0, 0.1) is 6.92 Å². The van der Waals surface area contributed by atoms with Crippen molar-refractivity contribution in [2.75, 3.05) is 17.3 Å². The summed E-state index contributed by atoms with van der Waals surface area (Å²) in [6.45, 7) is 3.45. The first-order valence-electron chi connectivity index (χ1n) is 10.4. The molecular weight excluding hydrogens is 416 g/mol. The number of nitrogens with zero attached hydrogens (tertiary/aromatic N) is 6. The van der Waals surface area contributed by atoms with E-state index in [1.54, 1.807) is 4.52 Å². The van der Waals surface area contributed by atoms with Gasteiger partial charge in [-0.1, -0.05) is 6.07 Å². The molecule has 0 radical (unpaired) electrons. The highest BCUT2D eigenvalue weighted by Gasteiger charge is 2.19. The van der Waals surface area contributed by atoms with E-state index >= 15 is 0 Å². The Balaban J connectivity index is 1.58. The number of amides is 1. The van der Waals surface area contributed by atoms with E-state index < -0.39 is 0 Å². The number of anilines is 3. The zero-order valence-corrected chi connectivity index (χ0v) is 18.4. The minimum absolute atomic E-state index is 0.105. The van der Waals surface area contributed by atoms with E-state index in [9.17, 15) is 4.79 Å². The van der Waals surface area contributed by atoms with Gasteiger partial charge in [-0.3, -0.25) is 9.78 Å². The lowest BCUT2D eigenvalue weighted by atomic mass is 10.1. The summed E-state index contributed by atoms with van der Waals surface area (Å²) >= 11 is 0. The lowest BCUT2D eigenvalue weighted by molar-refractivity contribution is -0.114. The molecule has 4 heterocycles. The number of hydrogen-bond acceptors (Lipinski definition) is 6. The maximum atomic E-state index is 11.3. The van der Waals surface area contributed by atoms with Gasteiger partial charge >= 0.3 is 0 Å². The van der Waals surface area contributed by atoms with Crippen LogP contribution in [0.3, 0.4) is 0 Å². The number of aryl methyl sites for hydroxylation is 1. The Labute approximate surface area is 190 Å². The van der Waals surface area contributed by atoms with Crippen LogP contribution in [0.15, 0.2) is 67.1 Å². The van der Waals surface area contributed by atoms with Gasteiger partial charge in [0.05, 0.1) is 11.4 Å². The van der Waals surface area contributed by atoms with Crippen LogP contribution in [0.2, 0.25) is 0 Å². The van der Waals surface area contributed by atoms with Crippen molar-refractivity contribution in [2.45, 2.75) is 13.8 Å². The van der Waals surface area contributed by atoms with E-state index in [-0.39, 0.29) is 5.91 Å². The van der Waals surface area contributed by atoms with Crippen molar-refractivity contribution in [2.24, 2.45) is 0 Å². The summed E-state index contributed by atoms with van der Waals surface area (Å²) in [5.74, 6) is 0.556. The number of hydrogen-bond donors (Lipinski definition) is 2. The fourth-order valence-electron chi connectivity index (χ4n) is 3.65. The van der Waals surface area contributed by atoms with Crippen LogP contribution >= 0.6 is 0 Å². The Hall–Kier alpha value is -4.53. The molecule has 2 N–H and O–H groups in total. The van der Waals surface area contributed by atoms with E-state index in [1.807, 2.05) is 79.7 Å². The van der Waals surface area contributed by atoms with E-state index in [2.05, 4.69) is 20.4 Å². The molecule has 4 aromatic heterocycles. The summed E-state index contributed by atoms with van der Waals surface area (Å²) in [4.78, 5) is 30.5. The highest BCUT2D eigenvalue weighted by Crippen LogP contribution is 2.33. The summed E-state index contributed by atoms with van der Waals surface area (Å²) in [5, 5.41) is 7.03. The van der Waals surface area contributed by atoms with Gasteiger partial charge in [-0.25, -0.2) is 14.5 Å². The number of aromatic amines is 1. The standard InChI is InChI=1S/C24H22N8O/c1-15-5-4-6-20(27-15)23-22(17-7-12-21-25-14-26-32(21)13-17)29-24(30-23)31(3)19-10-8-18(9-11-19)28-16(2)33/h4-14H,1-3H3,(H,28,33)(H,29,30). The lowest BCUT2D eigenvalue weighted by Gasteiger charge is -2.16. The molecule has 5 aromatic rings. The molecule has 9 nitrogen and oxygen atoms in total. The van der Waals surface area contributed by atoms with Gasteiger partial charge in [0.25, 0.3) is 0 Å². The Kier molecular flexibility index (Phi) is 5.06. The summed E-state index contributed by atoms with van der Waals surface area (Å²) in [7, 11) is 1.93. The molecule has 1 amide bonds. The second kappa shape index (κ2) is 8.19. The molecule has 0 saturated carbocycles. The first-order chi connectivity index (χ1) is 16.0. The number of pyridine rings is 2. The maximum Gasteiger partial charge on any atom is 0.221 e. The van der Waals surface area contributed by atoms with Crippen LogP contribution in [-0.4, -0.2) is 42.5 Å². The molecule has 0 saturated heterocycles. The predicted molar refractivity (Wildman–Crippen MR) is 127 cm³/mol. The average molecular weight is 438 g/mol. The van der Waals surface area contributed by atoms with Gasteiger partial charge in [0, 0.05) is 42.8 Å². The van der Waals surface area contributed by atoms with Gasteiger partial charge in [0.1, 0.15) is 12.0 Å². The molecule has 5 rings (SSSR count). The molecule has 1 aromatic carbocycles. The smallest absolute Gasteiger partial charge is 0.221 e. The van der Waals surface area contributed by atoms with Gasteiger partial charge in [-0.05, 0) is 55.5 Å². The number of nitrogens with one attached hydrogen (secondary N) is 2. The number of rotatable bonds is 5. The second-order valence-electron chi connectivity index (χ2n) is 7.72.